The van der Waals surface area contributed by atoms with Crippen molar-refractivity contribution >= 4 is 22.8 Å². The number of hydrogen-bond donors (Lipinski definition) is 1. The number of rotatable bonds is 5. The summed E-state index contributed by atoms with van der Waals surface area (Å²) in [5.74, 6) is 0.119. The predicted octanol–water partition coefficient (Wildman–Crippen LogP) is 4.48. The Balaban J connectivity index is 1.44. The third-order valence-corrected chi connectivity index (χ3v) is 5.91. The number of carbonyl (C=O) groups excluding carboxylic acids is 2. The molecule has 2 aromatic carbocycles. The molecule has 0 radical (unpaired) electrons. The largest absolute Gasteiger partial charge is 0.464 e. The third-order valence-electron chi connectivity index (χ3n) is 5.91. The normalized spacial score (nSPS) is 18.7. The maximum Gasteiger partial charge on any atom is 0.253 e. The van der Waals surface area contributed by atoms with Crippen LogP contribution in [-0.2, 0) is 4.79 Å². The van der Waals surface area contributed by atoms with E-state index in [0.29, 0.717) is 12.1 Å². The highest BCUT2D eigenvalue weighted by Crippen LogP contribution is 2.30. The number of nitrogens with zero attached hydrogens (tertiary/aromatic N) is 1. The smallest absolute Gasteiger partial charge is 0.253 e. The Morgan fingerprint density at radius 2 is 1.83 bits per heavy atom. The van der Waals surface area contributed by atoms with Crippen molar-refractivity contribution in [3.05, 3.63) is 60.4 Å². The zero-order valence-corrected chi connectivity index (χ0v) is 16.9. The molecule has 150 valence electrons. The molecular weight excluding hydrogens is 364 g/mol. The van der Waals surface area contributed by atoms with Gasteiger partial charge < -0.3 is 14.6 Å². The Morgan fingerprint density at radius 1 is 1.07 bits per heavy atom. The highest BCUT2D eigenvalue weighted by atomic mass is 16.3. The average Bonchev–Trinajstić information content (AvgIpc) is 3.42. The Labute approximate surface area is 170 Å². The summed E-state index contributed by atoms with van der Waals surface area (Å²) in [4.78, 5) is 26.8. The van der Waals surface area contributed by atoms with Crippen LogP contribution in [0.25, 0.3) is 22.1 Å². The zero-order valence-electron chi connectivity index (χ0n) is 16.9. The van der Waals surface area contributed by atoms with E-state index in [4.69, 9.17) is 4.42 Å². The van der Waals surface area contributed by atoms with Gasteiger partial charge in [0, 0.05) is 36.5 Å². The highest BCUT2D eigenvalue weighted by Gasteiger charge is 2.33. The van der Waals surface area contributed by atoms with Crippen LogP contribution >= 0.6 is 0 Å². The van der Waals surface area contributed by atoms with Crippen LogP contribution in [-0.4, -0.2) is 36.3 Å². The van der Waals surface area contributed by atoms with Crippen molar-refractivity contribution in [2.45, 2.75) is 32.2 Å². The molecule has 1 aliphatic rings. The second-order valence-corrected chi connectivity index (χ2v) is 7.72. The van der Waals surface area contributed by atoms with Crippen LogP contribution < -0.4 is 5.32 Å². The van der Waals surface area contributed by atoms with E-state index in [1.54, 1.807) is 11.2 Å². The second-order valence-electron chi connectivity index (χ2n) is 7.72. The van der Waals surface area contributed by atoms with Gasteiger partial charge >= 0.3 is 0 Å². The average molecular weight is 390 g/mol. The molecule has 0 unspecified atom stereocenters. The maximum atomic E-state index is 12.9. The van der Waals surface area contributed by atoms with Gasteiger partial charge in [-0.05, 0) is 67.6 Å². The number of benzene rings is 2. The minimum absolute atomic E-state index is 0.00314. The van der Waals surface area contributed by atoms with Gasteiger partial charge in [0.2, 0.25) is 5.91 Å². The van der Waals surface area contributed by atoms with Crippen molar-refractivity contribution in [2.75, 3.05) is 13.6 Å². The van der Waals surface area contributed by atoms with Gasteiger partial charge in [0.15, 0.2) is 0 Å². The Bertz CT molecular complexity index is 1020. The molecule has 1 aromatic heterocycles. The molecule has 1 aliphatic carbocycles. The van der Waals surface area contributed by atoms with Crippen LogP contribution in [0.1, 0.15) is 36.5 Å². The van der Waals surface area contributed by atoms with Crippen LogP contribution in [0, 0.1) is 5.92 Å². The van der Waals surface area contributed by atoms with Crippen molar-refractivity contribution in [3.63, 3.8) is 0 Å². The van der Waals surface area contributed by atoms with Crippen LogP contribution in [0.5, 0.6) is 0 Å². The molecule has 3 aromatic rings. The lowest BCUT2D eigenvalue weighted by molar-refractivity contribution is -0.124. The number of hydrogen-bond acceptors (Lipinski definition) is 3. The SMILES string of the molecule is CCNC(=O)[C@@H]1CC[C@@H](N(C)C(=O)c2ccc(-c3ccc4occc4c3)cc2)C1. The molecule has 29 heavy (non-hydrogen) atoms. The van der Waals surface area contributed by atoms with Crippen molar-refractivity contribution in [2.24, 2.45) is 5.92 Å². The quantitative estimate of drug-likeness (QED) is 0.699. The Kier molecular flexibility index (Phi) is 5.38. The lowest BCUT2D eigenvalue weighted by Gasteiger charge is -2.25. The fourth-order valence-corrected chi connectivity index (χ4v) is 4.19. The monoisotopic (exact) mass is 390 g/mol. The summed E-state index contributed by atoms with van der Waals surface area (Å²) in [6.07, 6.45) is 4.12. The van der Waals surface area contributed by atoms with E-state index in [0.717, 1.165) is 41.4 Å². The number of amides is 2. The summed E-state index contributed by atoms with van der Waals surface area (Å²) in [5.41, 5.74) is 3.68. The summed E-state index contributed by atoms with van der Waals surface area (Å²) < 4.78 is 5.39. The van der Waals surface area contributed by atoms with Crippen LogP contribution in [0.15, 0.2) is 59.2 Å². The number of nitrogens with one attached hydrogen (secondary N) is 1. The van der Waals surface area contributed by atoms with E-state index in [1.165, 1.54) is 0 Å². The summed E-state index contributed by atoms with van der Waals surface area (Å²) in [5, 5.41) is 3.95. The zero-order chi connectivity index (χ0) is 20.4. The molecule has 0 aliphatic heterocycles. The minimum Gasteiger partial charge on any atom is -0.464 e. The maximum absolute atomic E-state index is 12.9. The van der Waals surface area contributed by atoms with Gasteiger partial charge in [-0.1, -0.05) is 18.2 Å². The Morgan fingerprint density at radius 3 is 2.59 bits per heavy atom. The van der Waals surface area contributed by atoms with Gasteiger partial charge in [0.1, 0.15) is 5.58 Å². The molecule has 5 heteroatoms. The molecule has 4 rings (SSSR count). The molecule has 2 atom stereocenters. The molecule has 2 amide bonds. The third kappa shape index (κ3) is 3.90. The number of furan rings is 1. The summed E-state index contributed by atoms with van der Waals surface area (Å²) in [6.45, 7) is 2.57. The summed E-state index contributed by atoms with van der Waals surface area (Å²) in [7, 11) is 1.84. The highest BCUT2D eigenvalue weighted by molar-refractivity contribution is 5.95. The van der Waals surface area contributed by atoms with Gasteiger partial charge in [-0.2, -0.15) is 0 Å². The molecule has 1 fully saturated rings. The van der Waals surface area contributed by atoms with Gasteiger partial charge in [0.25, 0.3) is 5.91 Å². The Hall–Kier alpha value is -3.08. The topological polar surface area (TPSA) is 62.6 Å². The fourth-order valence-electron chi connectivity index (χ4n) is 4.19. The standard InChI is InChI=1S/C24H26N2O3/c1-3-25-23(27)20-8-10-21(15-20)26(2)24(28)17-6-4-16(5-7-17)18-9-11-22-19(14-18)12-13-29-22/h4-7,9,11-14,20-21H,3,8,10,15H2,1-2H3,(H,25,27)/t20-,21-/m1/s1. The van der Waals surface area contributed by atoms with E-state index in [2.05, 4.69) is 11.4 Å². The predicted molar refractivity (Wildman–Crippen MR) is 114 cm³/mol. The molecular formula is C24H26N2O3. The van der Waals surface area contributed by atoms with E-state index >= 15 is 0 Å². The van der Waals surface area contributed by atoms with Crippen molar-refractivity contribution in [1.82, 2.24) is 10.2 Å². The molecule has 0 saturated heterocycles. The molecule has 5 nitrogen and oxygen atoms in total. The van der Waals surface area contributed by atoms with Crippen LogP contribution in [0.3, 0.4) is 0 Å². The lowest BCUT2D eigenvalue weighted by atomic mass is 10.0. The minimum atomic E-state index is 0.00314. The number of fused-ring (bicyclic) bond motifs is 1. The summed E-state index contributed by atoms with van der Waals surface area (Å²) >= 11 is 0. The van der Waals surface area contributed by atoms with Gasteiger partial charge in [-0.15, -0.1) is 0 Å². The first-order valence-electron chi connectivity index (χ1n) is 10.2. The van der Waals surface area contributed by atoms with Crippen molar-refractivity contribution in [3.8, 4) is 11.1 Å². The van der Waals surface area contributed by atoms with Crippen LogP contribution in [0.2, 0.25) is 0 Å². The first-order valence-corrected chi connectivity index (χ1v) is 10.2. The first kappa shape index (κ1) is 19.2. The molecule has 0 spiro atoms. The molecule has 0 bridgehead atoms. The molecule has 1 saturated carbocycles. The van der Waals surface area contributed by atoms with Gasteiger partial charge in [-0.3, -0.25) is 9.59 Å². The molecule has 1 heterocycles. The van der Waals surface area contributed by atoms with Crippen molar-refractivity contribution < 1.29 is 14.0 Å². The number of carbonyl (C=O) groups is 2. The van der Waals surface area contributed by atoms with Gasteiger partial charge in [-0.25, -0.2) is 0 Å². The summed E-state index contributed by atoms with van der Waals surface area (Å²) in [6, 6.07) is 15.8. The van der Waals surface area contributed by atoms with E-state index in [9.17, 15) is 9.59 Å². The van der Waals surface area contributed by atoms with E-state index in [1.807, 2.05) is 56.4 Å². The first-order chi connectivity index (χ1) is 14.1. The fraction of sp³-hybridized carbons (Fsp3) is 0.333. The van der Waals surface area contributed by atoms with Crippen molar-refractivity contribution in [1.29, 1.82) is 0 Å². The molecule has 1 N–H and O–H groups in total. The van der Waals surface area contributed by atoms with Gasteiger partial charge in [0.05, 0.1) is 6.26 Å². The van der Waals surface area contributed by atoms with Crippen LogP contribution in [0.4, 0.5) is 0 Å². The lowest BCUT2D eigenvalue weighted by Crippen LogP contribution is -2.36. The second kappa shape index (κ2) is 8.11. The van der Waals surface area contributed by atoms with E-state index in [-0.39, 0.29) is 23.8 Å². The van der Waals surface area contributed by atoms with E-state index < -0.39 is 0 Å².